The van der Waals surface area contributed by atoms with Crippen LogP contribution in [0.1, 0.15) is 20.3 Å². The minimum absolute atomic E-state index is 0.352. The van der Waals surface area contributed by atoms with E-state index in [1.165, 1.54) is 0 Å². The molecule has 0 spiro atoms. The summed E-state index contributed by atoms with van der Waals surface area (Å²) in [5.74, 6) is 1.38. The molecule has 1 aliphatic heterocycles. The van der Waals surface area contributed by atoms with E-state index in [0.717, 1.165) is 26.1 Å². The maximum atomic E-state index is 11.8. The van der Waals surface area contributed by atoms with E-state index < -0.39 is 0 Å². The maximum absolute atomic E-state index is 11.8. The summed E-state index contributed by atoms with van der Waals surface area (Å²) in [5, 5.41) is 3.34. The first-order chi connectivity index (χ1) is 6.18. The van der Waals surface area contributed by atoms with Crippen LogP contribution in [0.3, 0.4) is 0 Å². The minimum Gasteiger partial charge on any atom is -0.340 e. The highest BCUT2D eigenvalue weighted by molar-refractivity contribution is 5.81. The molecule has 0 radical (unpaired) electrons. The molecule has 2 rings (SSSR count). The fraction of sp³-hybridized carbons (Fsp3) is 0.900. The topological polar surface area (TPSA) is 32.3 Å². The Labute approximate surface area is 79.5 Å². The van der Waals surface area contributed by atoms with Gasteiger partial charge in [-0.2, -0.15) is 0 Å². The van der Waals surface area contributed by atoms with Gasteiger partial charge in [0.15, 0.2) is 0 Å². The Hall–Kier alpha value is -0.570. The summed E-state index contributed by atoms with van der Waals surface area (Å²) >= 11 is 0. The van der Waals surface area contributed by atoms with Crippen molar-refractivity contribution in [1.82, 2.24) is 10.2 Å². The van der Waals surface area contributed by atoms with Gasteiger partial charge < -0.3 is 10.2 Å². The van der Waals surface area contributed by atoms with Gasteiger partial charge in [0.05, 0.1) is 0 Å². The Morgan fingerprint density at radius 3 is 2.69 bits per heavy atom. The van der Waals surface area contributed by atoms with Gasteiger partial charge in [-0.05, 0) is 19.3 Å². The van der Waals surface area contributed by atoms with Crippen molar-refractivity contribution in [3.05, 3.63) is 0 Å². The molecule has 1 heterocycles. The molecule has 0 aromatic carbocycles. The molecule has 2 aliphatic rings. The monoisotopic (exact) mass is 182 g/mol. The largest absolute Gasteiger partial charge is 0.340 e. The molecule has 3 unspecified atom stereocenters. The molecule has 1 N–H and O–H groups in total. The van der Waals surface area contributed by atoms with Crippen molar-refractivity contribution in [2.24, 2.45) is 11.8 Å². The zero-order valence-corrected chi connectivity index (χ0v) is 8.42. The zero-order valence-electron chi connectivity index (χ0n) is 8.42. The summed E-state index contributed by atoms with van der Waals surface area (Å²) in [7, 11) is 0. The lowest BCUT2D eigenvalue weighted by Crippen LogP contribution is -2.51. The standard InChI is InChI=1S/C10H18N2O/c1-7-5-9(7)10(13)12-4-3-11-8(2)6-12/h7-9,11H,3-6H2,1-2H3. The third-order valence-corrected chi connectivity index (χ3v) is 3.11. The van der Waals surface area contributed by atoms with E-state index >= 15 is 0 Å². The van der Waals surface area contributed by atoms with Gasteiger partial charge in [-0.3, -0.25) is 4.79 Å². The Balaban J connectivity index is 1.88. The van der Waals surface area contributed by atoms with Crippen molar-refractivity contribution in [2.75, 3.05) is 19.6 Å². The van der Waals surface area contributed by atoms with Crippen molar-refractivity contribution in [1.29, 1.82) is 0 Å². The maximum Gasteiger partial charge on any atom is 0.226 e. The second kappa shape index (κ2) is 3.29. The predicted molar refractivity (Wildman–Crippen MR) is 51.3 cm³/mol. The van der Waals surface area contributed by atoms with Gasteiger partial charge in [0.25, 0.3) is 0 Å². The lowest BCUT2D eigenvalue weighted by molar-refractivity contribution is -0.134. The molecular weight excluding hydrogens is 164 g/mol. The highest BCUT2D eigenvalue weighted by Gasteiger charge is 2.41. The van der Waals surface area contributed by atoms with E-state index in [2.05, 4.69) is 19.2 Å². The van der Waals surface area contributed by atoms with Crippen molar-refractivity contribution in [3.63, 3.8) is 0 Å². The number of nitrogens with one attached hydrogen (secondary N) is 1. The van der Waals surface area contributed by atoms with Crippen LogP contribution in [0.15, 0.2) is 0 Å². The van der Waals surface area contributed by atoms with Gasteiger partial charge in [0, 0.05) is 31.6 Å². The number of piperazine rings is 1. The quantitative estimate of drug-likeness (QED) is 0.639. The second-order valence-electron chi connectivity index (χ2n) is 4.46. The van der Waals surface area contributed by atoms with E-state index in [1.807, 2.05) is 4.90 Å². The van der Waals surface area contributed by atoms with Crippen LogP contribution in [-0.2, 0) is 4.79 Å². The van der Waals surface area contributed by atoms with Crippen LogP contribution >= 0.6 is 0 Å². The van der Waals surface area contributed by atoms with E-state index in [9.17, 15) is 4.79 Å². The Morgan fingerprint density at radius 1 is 1.46 bits per heavy atom. The molecule has 3 nitrogen and oxygen atoms in total. The number of hydrogen-bond donors (Lipinski definition) is 1. The molecule has 1 saturated heterocycles. The van der Waals surface area contributed by atoms with Crippen LogP contribution in [-0.4, -0.2) is 36.5 Å². The lowest BCUT2D eigenvalue weighted by Gasteiger charge is -2.32. The molecule has 1 amide bonds. The summed E-state index contributed by atoms with van der Waals surface area (Å²) in [6, 6.07) is 0.465. The van der Waals surface area contributed by atoms with Gasteiger partial charge >= 0.3 is 0 Å². The number of amides is 1. The first-order valence-electron chi connectivity index (χ1n) is 5.20. The van der Waals surface area contributed by atoms with Gasteiger partial charge in [-0.25, -0.2) is 0 Å². The third kappa shape index (κ3) is 1.85. The number of carbonyl (C=O) groups is 1. The van der Waals surface area contributed by atoms with Gasteiger partial charge in [0.2, 0.25) is 5.91 Å². The SMILES string of the molecule is CC1CN(C(=O)C2CC2C)CCN1. The van der Waals surface area contributed by atoms with Crippen molar-refractivity contribution in [2.45, 2.75) is 26.3 Å². The summed E-state index contributed by atoms with van der Waals surface area (Å²) in [6.45, 7) is 7.03. The van der Waals surface area contributed by atoms with Crippen LogP contribution in [0.25, 0.3) is 0 Å². The Kier molecular flexibility index (Phi) is 2.28. The molecular formula is C10H18N2O. The fourth-order valence-electron chi connectivity index (χ4n) is 2.03. The fourth-order valence-corrected chi connectivity index (χ4v) is 2.03. The molecule has 13 heavy (non-hydrogen) atoms. The van der Waals surface area contributed by atoms with Crippen LogP contribution in [0.2, 0.25) is 0 Å². The normalized spacial score (nSPS) is 38.9. The summed E-state index contributed by atoms with van der Waals surface area (Å²) in [5.41, 5.74) is 0. The first kappa shape index (κ1) is 9.00. The van der Waals surface area contributed by atoms with Crippen molar-refractivity contribution in [3.8, 4) is 0 Å². The number of rotatable bonds is 1. The average Bonchev–Trinajstić information content (AvgIpc) is 2.81. The summed E-state index contributed by atoms with van der Waals surface area (Å²) in [4.78, 5) is 13.8. The van der Waals surface area contributed by atoms with Crippen LogP contribution in [0.5, 0.6) is 0 Å². The lowest BCUT2D eigenvalue weighted by atomic mass is 10.2. The highest BCUT2D eigenvalue weighted by atomic mass is 16.2. The van der Waals surface area contributed by atoms with Crippen LogP contribution in [0, 0.1) is 11.8 Å². The zero-order chi connectivity index (χ0) is 9.42. The minimum atomic E-state index is 0.352. The summed E-state index contributed by atoms with van der Waals surface area (Å²) < 4.78 is 0. The van der Waals surface area contributed by atoms with Crippen LogP contribution < -0.4 is 5.32 Å². The van der Waals surface area contributed by atoms with Gasteiger partial charge in [-0.1, -0.05) is 6.92 Å². The molecule has 2 fully saturated rings. The van der Waals surface area contributed by atoms with Crippen molar-refractivity contribution < 1.29 is 4.79 Å². The van der Waals surface area contributed by atoms with Gasteiger partial charge in [-0.15, -0.1) is 0 Å². The molecule has 1 saturated carbocycles. The number of carbonyl (C=O) groups excluding carboxylic acids is 1. The molecule has 3 atom stereocenters. The summed E-state index contributed by atoms with van der Waals surface area (Å²) in [6.07, 6.45) is 1.11. The smallest absolute Gasteiger partial charge is 0.226 e. The second-order valence-corrected chi connectivity index (χ2v) is 4.46. The molecule has 0 bridgehead atoms. The first-order valence-corrected chi connectivity index (χ1v) is 5.20. The Morgan fingerprint density at radius 2 is 2.15 bits per heavy atom. The number of hydrogen-bond acceptors (Lipinski definition) is 2. The number of nitrogens with zero attached hydrogens (tertiary/aromatic N) is 1. The van der Waals surface area contributed by atoms with E-state index in [1.54, 1.807) is 0 Å². The van der Waals surface area contributed by atoms with Crippen LogP contribution in [0.4, 0.5) is 0 Å². The molecule has 0 aromatic heterocycles. The predicted octanol–water partition coefficient (Wildman–Crippen LogP) is 0.463. The molecule has 0 aromatic rings. The average molecular weight is 182 g/mol. The molecule has 1 aliphatic carbocycles. The molecule has 74 valence electrons. The van der Waals surface area contributed by atoms with E-state index in [0.29, 0.717) is 23.8 Å². The molecule has 3 heteroatoms. The van der Waals surface area contributed by atoms with E-state index in [4.69, 9.17) is 0 Å². The van der Waals surface area contributed by atoms with Gasteiger partial charge in [0.1, 0.15) is 0 Å². The highest BCUT2D eigenvalue weighted by Crippen LogP contribution is 2.39. The third-order valence-electron chi connectivity index (χ3n) is 3.11. The van der Waals surface area contributed by atoms with E-state index in [-0.39, 0.29) is 0 Å². The van der Waals surface area contributed by atoms with Crippen molar-refractivity contribution >= 4 is 5.91 Å². The Bertz CT molecular complexity index is 217.